The average Bonchev–Trinajstić information content (AvgIpc) is 2.65. The van der Waals surface area contributed by atoms with Crippen molar-refractivity contribution in [1.82, 2.24) is 5.16 Å². The van der Waals surface area contributed by atoms with E-state index in [1.165, 1.54) is 0 Å². The van der Waals surface area contributed by atoms with E-state index in [-0.39, 0.29) is 5.76 Å². The second kappa shape index (κ2) is 3.97. The summed E-state index contributed by atoms with van der Waals surface area (Å²) < 4.78 is 31.7. The van der Waals surface area contributed by atoms with E-state index in [1.807, 2.05) is 0 Å². The molecule has 0 atom stereocenters. The van der Waals surface area contributed by atoms with Crippen molar-refractivity contribution in [3.63, 3.8) is 0 Å². The second-order valence-electron chi connectivity index (χ2n) is 3.49. The van der Waals surface area contributed by atoms with E-state index >= 15 is 0 Å². The van der Waals surface area contributed by atoms with E-state index in [9.17, 15) is 13.6 Å². The first kappa shape index (κ1) is 11.3. The Bertz CT molecular complexity index is 569. The SMILES string of the molecule is Cc1cc(F)c(-c2cc(C(=O)O)no2)c(F)c1. The van der Waals surface area contributed by atoms with E-state index in [0.717, 1.165) is 18.2 Å². The molecule has 0 unspecified atom stereocenters. The van der Waals surface area contributed by atoms with Crippen LogP contribution in [-0.2, 0) is 0 Å². The van der Waals surface area contributed by atoms with Gasteiger partial charge in [-0.2, -0.15) is 0 Å². The van der Waals surface area contributed by atoms with Crippen molar-refractivity contribution in [2.75, 3.05) is 0 Å². The molecule has 0 bridgehead atoms. The molecule has 0 aliphatic carbocycles. The normalized spacial score (nSPS) is 10.5. The van der Waals surface area contributed by atoms with Gasteiger partial charge in [-0.25, -0.2) is 13.6 Å². The summed E-state index contributed by atoms with van der Waals surface area (Å²) in [4.78, 5) is 10.6. The van der Waals surface area contributed by atoms with Crippen LogP contribution in [0.3, 0.4) is 0 Å². The third-order valence-corrected chi connectivity index (χ3v) is 2.16. The van der Waals surface area contributed by atoms with Gasteiger partial charge in [-0.05, 0) is 24.6 Å². The fourth-order valence-electron chi connectivity index (χ4n) is 1.43. The largest absolute Gasteiger partial charge is 0.476 e. The lowest BCUT2D eigenvalue weighted by molar-refractivity contribution is 0.0686. The molecule has 1 heterocycles. The highest BCUT2D eigenvalue weighted by atomic mass is 19.1. The minimum absolute atomic E-state index is 0.252. The van der Waals surface area contributed by atoms with Gasteiger partial charge in [-0.15, -0.1) is 0 Å². The molecular weight excluding hydrogens is 232 g/mol. The maximum atomic E-state index is 13.5. The molecule has 17 heavy (non-hydrogen) atoms. The van der Waals surface area contributed by atoms with Gasteiger partial charge in [0.1, 0.15) is 11.6 Å². The molecule has 0 amide bonds. The zero-order chi connectivity index (χ0) is 12.6. The lowest BCUT2D eigenvalue weighted by Crippen LogP contribution is -1.95. The molecule has 88 valence electrons. The number of halogens is 2. The van der Waals surface area contributed by atoms with Crippen LogP contribution in [-0.4, -0.2) is 16.2 Å². The lowest BCUT2D eigenvalue weighted by atomic mass is 10.1. The zero-order valence-corrected chi connectivity index (χ0v) is 8.70. The van der Waals surface area contributed by atoms with Gasteiger partial charge >= 0.3 is 5.97 Å². The number of carboxylic acid groups (broad SMARTS) is 1. The van der Waals surface area contributed by atoms with Gasteiger partial charge in [0, 0.05) is 6.07 Å². The van der Waals surface area contributed by atoms with Crippen LogP contribution in [0.1, 0.15) is 16.1 Å². The number of benzene rings is 1. The van der Waals surface area contributed by atoms with Gasteiger partial charge in [-0.1, -0.05) is 5.16 Å². The van der Waals surface area contributed by atoms with E-state index in [2.05, 4.69) is 9.68 Å². The third-order valence-electron chi connectivity index (χ3n) is 2.16. The van der Waals surface area contributed by atoms with Crippen LogP contribution >= 0.6 is 0 Å². The van der Waals surface area contributed by atoms with Crippen LogP contribution in [0.4, 0.5) is 8.78 Å². The molecule has 1 aromatic heterocycles. The Morgan fingerprint density at radius 1 is 1.29 bits per heavy atom. The molecule has 0 saturated carbocycles. The van der Waals surface area contributed by atoms with Gasteiger partial charge in [0.2, 0.25) is 0 Å². The molecule has 6 heteroatoms. The highest BCUT2D eigenvalue weighted by Crippen LogP contribution is 2.27. The highest BCUT2D eigenvalue weighted by Gasteiger charge is 2.19. The van der Waals surface area contributed by atoms with Gasteiger partial charge < -0.3 is 9.63 Å². The second-order valence-corrected chi connectivity index (χ2v) is 3.49. The van der Waals surface area contributed by atoms with Crippen molar-refractivity contribution < 1.29 is 23.2 Å². The summed E-state index contributed by atoms with van der Waals surface area (Å²) in [5.74, 6) is -3.23. The fourth-order valence-corrected chi connectivity index (χ4v) is 1.43. The van der Waals surface area contributed by atoms with Crippen molar-refractivity contribution in [2.45, 2.75) is 6.92 Å². The van der Waals surface area contributed by atoms with Crippen LogP contribution in [0.5, 0.6) is 0 Å². The van der Waals surface area contributed by atoms with Crippen LogP contribution in [0.2, 0.25) is 0 Å². The molecule has 1 aromatic carbocycles. The topological polar surface area (TPSA) is 63.3 Å². The Morgan fingerprint density at radius 2 is 1.88 bits per heavy atom. The standard InChI is InChI=1S/C11H7F2NO3/c1-5-2-6(12)10(7(13)3-5)9-4-8(11(15)16)14-17-9/h2-4H,1H3,(H,15,16). The van der Waals surface area contributed by atoms with Crippen LogP contribution < -0.4 is 0 Å². The molecule has 0 aliphatic heterocycles. The van der Waals surface area contributed by atoms with Gasteiger partial charge in [-0.3, -0.25) is 0 Å². The number of hydrogen-bond donors (Lipinski definition) is 1. The van der Waals surface area contributed by atoms with Crippen LogP contribution in [0.15, 0.2) is 22.7 Å². The highest BCUT2D eigenvalue weighted by molar-refractivity contribution is 5.86. The molecular formula is C11H7F2NO3. The lowest BCUT2D eigenvalue weighted by Gasteiger charge is -2.01. The van der Waals surface area contributed by atoms with E-state index < -0.39 is 28.9 Å². The summed E-state index contributed by atoms with van der Waals surface area (Å²) in [6.45, 7) is 1.54. The van der Waals surface area contributed by atoms with Crippen molar-refractivity contribution in [2.24, 2.45) is 0 Å². The molecule has 0 aliphatic rings. The number of aromatic carboxylic acids is 1. The van der Waals surface area contributed by atoms with Gasteiger partial charge in [0.25, 0.3) is 0 Å². The Kier molecular flexibility index (Phi) is 2.63. The minimum atomic E-state index is -1.33. The Balaban J connectivity index is 2.56. The number of rotatable bonds is 2. The maximum absolute atomic E-state index is 13.5. The summed E-state index contributed by atoms with van der Waals surface area (Å²) in [6.07, 6.45) is 0. The average molecular weight is 239 g/mol. The van der Waals surface area contributed by atoms with Crippen molar-refractivity contribution in [1.29, 1.82) is 0 Å². The molecule has 0 fully saturated rings. The maximum Gasteiger partial charge on any atom is 0.358 e. The Hall–Kier alpha value is -2.24. The quantitative estimate of drug-likeness (QED) is 0.874. The van der Waals surface area contributed by atoms with Crippen molar-refractivity contribution in [3.8, 4) is 11.3 Å². The predicted molar refractivity (Wildman–Crippen MR) is 53.6 cm³/mol. The van der Waals surface area contributed by atoms with Crippen molar-refractivity contribution >= 4 is 5.97 Å². The summed E-state index contributed by atoms with van der Waals surface area (Å²) in [5.41, 5.74) is -0.406. The number of carboxylic acids is 1. The van der Waals surface area contributed by atoms with E-state index in [0.29, 0.717) is 5.56 Å². The number of nitrogens with zero attached hydrogens (tertiary/aromatic N) is 1. The molecule has 0 spiro atoms. The first-order valence-corrected chi connectivity index (χ1v) is 4.65. The molecule has 1 N–H and O–H groups in total. The molecule has 2 aromatic rings. The summed E-state index contributed by atoms with van der Waals surface area (Å²) >= 11 is 0. The number of aryl methyl sites for hydroxylation is 1. The third kappa shape index (κ3) is 2.01. The number of carbonyl (C=O) groups is 1. The summed E-state index contributed by atoms with van der Waals surface area (Å²) in [7, 11) is 0. The Morgan fingerprint density at radius 3 is 2.35 bits per heavy atom. The van der Waals surface area contributed by atoms with E-state index in [4.69, 9.17) is 5.11 Å². The number of hydrogen-bond acceptors (Lipinski definition) is 3. The first-order valence-electron chi connectivity index (χ1n) is 4.65. The molecule has 4 nitrogen and oxygen atoms in total. The van der Waals surface area contributed by atoms with Gasteiger partial charge in [0.15, 0.2) is 11.5 Å². The molecule has 0 saturated heterocycles. The Labute approximate surface area is 94.5 Å². The van der Waals surface area contributed by atoms with E-state index in [1.54, 1.807) is 6.92 Å². The van der Waals surface area contributed by atoms with Gasteiger partial charge in [0.05, 0.1) is 5.56 Å². The first-order chi connectivity index (χ1) is 7.99. The monoisotopic (exact) mass is 239 g/mol. The fraction of sp³-hybridized carbons (Fsp3) is 0.0909. The predicted octanol–water partition coefficient (Wildman–Crippen LogP) is 2.63. The summed E-state index contributed by atoms with van der Waals surface area (Å²) in [6, 6.07) is 3.22. The summed E-state index contributed by atoms with van der Waals surface area (Å²) in [5, 5.41) is 11.8. The van der Waals surface area contributed by atoms with Crippen molar-refractivity contribution in [3.05, 3.63) is 41.1 Å². The van der Waals surface area contributed by atoms with Crippen LogP contribution in [0.25, 0.3) is 11.3 Å². The zero-order valence-electron chi connectivity index (χ0n) is 8.70. The molecule has 2 rings (SSSR count). The van der Waals surface area contributed by atoms with Crippen LogP contribution in [0, 0.1) is 18.6 Å². The smallest absolute Gasteiger partial charge is 0.358 e. The molecule has 0 radical (unpaired) electrons. The minimum Gasteiger partial charge on any atom is -0.476 e. The number of aromatic nitrogens is 1.